The van der Waals surface area contributed by atoms with Crippen LogP contribution in [-0.4, -0.2) is 40.4 Å². The molecular weight excluding hydrogens is 290 g/mol. The molecule has 0 aromatic carbocycles. The molecule has 0 N–H and O–H groups in total. The Kier molecular flexibility index (Phi) is 3.96. The monoisotopic (exact) mass is 319 g/mol. The molecule has 1 saturated heterocycles. The van der Waals surface area contributed by atoms with E-state index in [9.17, 15) is 0 Å². The van der Waals surface area contributed by atoms with E-state index in [0.717, 1.165) is 37.9 Å². The molecule has 2 heterocycles. The van der Waals surface area contributed by atoms with Crippen molar-refractivity contribution in [3.05, 3.63) is 11.8 Å². The predicted octanol–water partition coefficient (Wildman–Crippen LogP) is 3.36. The SMILES string of the molecule is CCCN(Cc1nnc(C2CCC2)o1)C1C2CCOC2C1(C)C. The van der Waals surface area contributed by atoms with E-state index in [-0.39, 0.29) is 5.41 Å². The summed E-state index contributed by atoms with van der Waals surface area (Å²) in [5.74, 6) is 2.84. The molecule has 128 valence electrons. The van der Waals surface area contributed by atoms with Crippen LogP contribution < -0.4 is 0 Å². The maximum Gasteiger partial charge on any atom is 0.230 e. The number of ether oxygens (including phenoxy) is 1. The molecule has 0 amide bonds. The molecule has 1 aromatic heterocycles. The van der Waals surface area contributed by atoms with E-state index in [1.54, 1.807) is 0 Å². The highest BCUT2D eigenvalue weighted by molar-refractivity contribution is 5.12. The summed E-state index contributed by atoms with van der Waals surface area (Å²) >= 11 is 0. The van der Waals surface area contributed by atoms with Crippen molar-refractivity contribution < 1.29 is 9.15 Å². The molecule has 0 bridgehead atoms. The van der Waals surface area contributed by atoms with Crippen LogP contribution in [-0.2, 0) is 11.3 Å². The van der Waals surface area contributed by atoms with E-state index in [4.69, 9.17) is 9.15 Å². The molecule has 3 atom stereocenters. The lowest BCUT2D eigenvalue weighted by Gasteiger charge is -2.58. The Hall–Kier alpha value is -0.940. The summed E-state index contributed by atoms with van der Waals surface area (Å²) in [7, 11) is 0. The van der Waals surface area contributed by atoms with Gasteiger partial charge in [0.05, 0.1) is 12.6 Å². The highest BCUT2D eigenvalue weighted by Gasteiger charge is 2.61. The van der Waals surface area contributed by atoms with E-state index in [1.807, 2.05) is 0 Å². The fraction of sp³-hybridized carbons (Fsp3) is 0.889. The lowest BCUT2D eigenvalue weighted by atomic mass is 9.56. The smallest absolute Gasteiger partial charge is 0.230 e. The van der Waals surface area contributed by atoms with Crippen molar-refractivity contribution in [2.75, 3.05) is 13.2 Å². The molecule has 3 unspecified atom stereocenters. The largest absolute Gasteiger partial charge is 0.424 e. The van der Waals surface area contributed by atoms with Crippen molar-refractivity contribution in [2.45, 2.75) is 77.5 Å². The number of hydrogen-bond donors (Lipinski definition) is 0. The average molecular weight is 319 g/mol. The van der Waals surface area contributed by atoms with Gasteiger partial charge in [0, 0.05) is 29.9 Å². The molecule has 1 aromatic rings. The first-order valence-corrected chi connectivity index (χ1v) is 9.29. The zero-order chi connectivity index (χ0) is 16.0. The van der Waals surface area contributed by atoms with Crippen LogP contribution in [0.1, 0.15) is 70.6 Å². The maximum atomic E-state index is 5.97. The molecule has 5 heteroatoms. The van der Waals surface area contributed by atoms with Crippen LogP contribution in [0.2, 0.25) is 0 Å². The molecule has 0 radical (unpaired) electrons. The van der Waals surface area contributed by atoms with E-state index in [1.165, 1.54) is 25.7 Å². The second kappa shape index (κ2) is 5.85. The van der Waals surface area contributed by atoms with Crippen LogP contribution in [0.25, 0.3) is 0 Å². The minimum Gasteiger partial charge on any atom is -0.424 e. The predicted molar refractivity (Wildman–Crippen MR) is 87.0 cm³/mol. The van der Waals surface area contributed by atoms with Gasteiger partial charge in [0.25, 0.3) is 0 Å². The lowest BCUT2D eigenvalue weighted by Crippen LogP contribution is -2.66. The van der Waals surface area contributed by atoms with E-state index in [0.29, 0.717) is 24.0 Å². The van der Waals surface area contributed by atoms with Gasteiger partial charge in [-0.05, 0) is 32.2 Å². The molecule has 3 aliphatic rings. The van der Waals surface area contributed by atoms with Crippen molar-refractivity contribution in [1.82, 2.24) is 15.1 Å². The van der Waals surface area contributed by atoms with Crippen molar-refractivity contribution in [3.8, 4) is 0 Å². The van der Waals surface area contributed by atoms with Gasteiger partial charge in [-0.2, -0.15) is 0 Å². The van der Waals surface area contributed by atoms with Crippen LogP contribution in [0.3, 0.4) is 0 Å². The zero-order valence-electron chi connectivity index (χ0n) is 14.6. The first-order chi connectivity index (χ1) is 11.1. The number of aromatic nitrogens is 2. The zero-order valence-corrected chi connectivity index (χ0v) is 14.6. The summed E-state index contributed by atoms with van der Waals surface area (Å²) in [4.78, 5) is 2.56. The standard InChI is InChI=1S/C18H29N3O2/c1-4-9-21(15-13-8-10-22-16(13)18(15,2)3)11-14-19-20-17(23-14)12-6-5-7-12/h12-13,15-16H,4-11H2,1-3H3. The molecule has 1 aliphatic heterocycles. The van der Waals surface area contributed by atoms with Crippen LogP contribution in [0.5, 0.6) is 0 Å². The summed E-state index contributed by atoms with van der Waals surface area (Å²) < 4.78 is 11.9. The van der Waals surface area contributed by atoms with Gasteiger partial charge in [-0.3, -0.25) is 4.90 Å². The Morgan fingerprint density at radius 3 is 2.74 bits per heavy atom. The van der Waals surface area contributed by atoms with Crippen LogP contribution in [0, 0.1) is 11.3 Å². The number of rotatable bonds is 6. The Morgan fingerprint density at radius 1 is 1.22 bits per heavy atom. The number of hydrogen-bond acceptors (Lipinski definition) is 5. The van der Waals surface area contributed by atoms with Gasteiger partial charge in [0.2, 0.25) is 11.8 Å². The summed E-state index contributed by atoms with van der Waals surface area (Å²) in [5.41, 5.74) is 0.215. The van der Waals surface area contributed by atoms with Gasteiger partial charge in [-0.25, -0.2) is 0 Å². The molecule has 5 nitrogen and oxygen atoms in total. The Bertz CT molecular complexity index is 552. The van der Waals surface area contributed by atoms with Crippen molar-refractivity contribution in [1.29, 1.82) is 0 Å². The van der Waals surface area contributed by atoms with Gasteiger partial charge >= 0.3 is 0 Å². The highest BCUT2D eigenvalue weighted by Crippen LogP contribution is 2.54. The van der Waals surface area contributed by atoms with Crippen LogP contribution in [0.4, 0.5) is 0 Å². The molecule has 2 aliphatic carbocycles. The van der Waals surface area contributed by atoms with Crippen LogP contribution >= 0.6 is 0 Å². The molecule has 2 saturated carbocycles. The normalized spacial score (nSPS) is 32.6. The van der Waals surface area contributed by atoms with E-state index >= 15 is 0 Å². The van der Waals surface area contributed by atoms with Crippen molar-refractivity contribution in [3.63, 3.8) is 0 Å². The average Bonchev–Trinajstić information content (AvgIpc) is 3.05. The fourth-order valence-electron chi connectivity index (χ4n) is 4.97. The highest BCUT2D eigenvalue weighted by atomic mass is 16.5. The third-order valence-corrected chi connectivity index (χ3v) is 6.22. The second-order valence-electron chi connectivity index (χ2n) is 8.14. The van der Waals surface area contributed by atoms with E-state index in [2.05, 4.69) is 35.9 Å². The minimum absolute atomic E-state index is 0.215. The van der Waals surface area contributed by atoms with Gasteiger partial charge in [0.1, 0.15) is 0 Å². The van der Waals surface area contributed by atoms with Gasteiger partial charge in [-0.15, -0.1) is 10.2 Å². The summed E-state index contributed by atoms with van der Waals surface area (Å²) in [6.45, 7) is 9.72. The second-order valence-corrected chi connectivity index (χ2v) is 8.14. The van der Waals surface area contributed by atoms with Gasteiger partial charge < -0.3 is 9.15 Å². The third-order valence-electron chi connectivity index (χ3n) is 6.22. The Balaban J connectivity index is 1.48. The molecule has 23 heavy (non-hydrogen) atoms. The topological polar surface area (TPSA) is 51.4 Å². The van der Waals surface area contributed by atoms with Gasteiger partial charge in [0.15, 0.2) is 0 Å². The summed E-state index contributed by atoms with van der Waals surface area (Å²) in [6, 6.07) is 0.564. The summed E-state index contributed by atoms with van der Waals surface area (Å²) in [6.07, 6.45) is 6.47. The minimum atomic E-state index is 0.215. The number of fused-ring (bicyclic) bond motifs is 1. The van der Waals surface area contributed by atoms with Crippen molar-refractivity contribution in [2.24, 2.45) is 11.3 Å². The van der Waals surface area contributed by atoms with E-state index < -0.39 is 0 Å². The quantitative estimate of drug-likeness (QED) is 0.804. The van der Waals surface area contributed by atoms with Gasteiger partial charge in [-0.1, -0.05) is 27.2 Å². The molecule has 0 spiro atoms. The first kappa shape index (κ1) is 15.6. The van der Waals surface area contributed by atoms with Crippen molar-refractivity contribution >= 4 is 0 Å². The number of nitrogens with zero attached hydrogens (tertiary/aromatic N) is 3. The van der Waals surface area contributed by atoms with Crippen LogP contribution in [0.15, 0.2) is 4.42 Å². The molecule has 3 fully saturated rings. The lowest BCUT2D eigenvalue weighted by molar-refractivity contribution is -0.158. The Morgan fingerprint density at radius 2 is 2.04 bits per heavy atom. The molecule has 4 rings (SSSR count). The first-order valence-electron chi connectivity index (χ1n) is 9.29. The summed E-state index contributed by atoms with van der Waals surface area (Å²) in [5, 5.41) is 8.62. The molecular formula is C18H29N3O2. The third kappa shape index (κ3) is 2.52. The fourth-order valence-corrected chi connectivity index (χ4v) is 4.97. The maximum absolute atomic E-state index is 5.97. The Labute approximate surface area is 138 Å².